The Bertz CT molecular complexity index is 5780. The van der Waals surface area contributed by atoms with Crippen molar-refractivity contribution in [3.05, 3.63) is 179 Å². The first-order chi connectivity index (χ1) is 61.1. The van der Waals surface area contributed by atoms with Crippen molar-refractivity contribution in [3.8, 4) is 34.2 Å². The third kappa shape index (κ3) is 16.7. The zero-order valence-electron chi connectivity index (χ0n) is 73.3. The summed E-state index contributed by atoms with van der Waals surface area (Å²) in [6.07, 6.45) is 22.1. The number of carbonyl (C=O) groups excluding carboxylic acids is 4. The topological polar surface area (TPSA) is 250 Å². The van der Waals surface area contributed by atoms with Gasteiger partial charge in [0.05, 0.1) is 71.9 Å². The number of hydrogen-bond acceptors (Lipinski definition) is 18. The van der Waals surface area contributed by atoms with Crippen LogP contribution in [0.25, 0.3) is 77.5 Å². The van der Waals surface area contributed by atoms with Crippen LogP contribution in [-0.2, 0) is 99.5 Å². The van der Waals surface area contributed by atoms with Crippen LogP contribution < -0.4 is 9.80 Å². The average molecular weight is 1690 g/mol. The van der Waals surface area contributed by atoms with E-state index in [1.54, 1.807) is 41.9 Å². The third-order valence-electron chi connectivity index (χ3n) is 27.8. The molecule has 10 aliphatic heterocycles. The Morgan fingerprint density at radius 3 is 1.16 bits per heavy atom. The fourth-order valence-corrected chi connectivity index (χ4v) is 20.7. The highest BCUT2D eigenvalue weighted by molar-refractivity contribution is 5.99. The molecule has 0 unspecified atom stereocenters. The van der Waals surface area contributed by atoms with E-state index in [0.717, 1.165) is 268 Å². The summed E-state index contributed by atoms with van der Waals surface area (Å²) in [7, 11) is 3.56. The van der Waals surface area contributed by atoms with Crippen LogP contribution in [0.5, 0.6) is 0 Å². The molecule has 6 fully saturated rings. The Morgan fingerprint density at radius 1 is 0.384 bits per heavy atom. The summed E-state index contributed by atoms with van der Waals surface area (Å²) in [5.74, 6) is 4.40. The molecule has 18 heterocycles. The van der Waals surface area contributed by atoms with Crippen LogP contribution >= 0.6 is 0 Å². The van der Waals surface area contributed by atoms with Crippen molar-refractivity contribution in [3.63, 3.8) is 0 Å². The molecule has 10 aliphatic rings. The van der Waals surface area contributed by atoms with Gasteiger partial charge in [-0.1, -0.05) is 72.8 Å². The van der Waals surface area contributed by atoms with Crippen molar-refractivity contribution in [1.82, 2.24) is 77.8 Å². The zero-order valence-corrected chi connectivity index (χ0v) is 73.3. The second kappa shape index (κ2) is 36.4. The molecule has 0 N–H and O–H groups in total. The Kier molecular flexibility index (Phi) is 24.3. The minimum absolute atomic E-state index is 0.115. The van der Waals surface area contributed by atoms with Gasteiger partial charge in [0.1, 0.15) is 11.6 Å². The summed E-state index contributed by atoms with van der Waals surface area (Å²) in [6, 6.07) is 37.6. The molecule has 0 radical (unpaired) electrons. The fraction of sp³-hybridized carbons (Fsp3) is 0.485. The lowest BCUT2D eigenvalue weighted by atomic mass is 9.97. The number of para-hydroxylation sites is 2. The van der Waals surface area contributed by atoms with Gasteiger partial charge >= 0.3 is 0 Å². The molecule has 0 bridgehead atoms. The Morgan fingerprint density at radius 2 is 0.752 bits per heavy atom. The van der Waals surface area contributed by atoms with Gasteiger partial charge in [-0.05, 0) is 123 Å². The molecule has 6 saturated heterocycles. The quantitative estimate of drug-likeness (QED) is 0.110. The molecule has 12 aromatic rings. The molecule has 22 rings (SSSR count). The van der Waals surface area contributed by atoms with Crippen molar-refractivity contribution in [2.24, 2.45) is 0 Å². The van der Waals surface area contributed by atoms with Crippen LogP contribution in [0.3, 0.4) is 0 Å². The number of amides is 4. The summed E-state index contributed by atoms with van der Waals surface area (Å²) < 4.78 is 46.8. The van der Waals surface area contributed by atoms with Gasteiger partial charge in [-0.3, -0.25) is 47.0 Å². The highest BCUT2D eigenvalue weighted by atomic mass is 16.5. The lowest BCUT2D eigenvalue weighted by Gasteiger charge is -2.29. The standard InChI is InChI=1S/2C27H33N5O3.C22H26N4O2.C21H24N4O2/c2*1-18(33)30-11-7-25-24(17-30)27(29-32(25)20-8-12-35-13-9-20)22-5-3-4-19-14-26(28-15-23(19)22)31-10-6-21(16-31)34-2;1-15-13-25(20-6-4-3-5-18(15)20)22-19-14-24(16(2)27)10-7-21(19)26(23-22)17-8-11-28-12-9-17;1-15(26)23-10-7-20-18(14-23)21(22-25(20)17-8-12-27-13-9-17)24-11-6-16-4-2-3-5-19(16)24/h2*3-5,14-15,20-21H,6-13,16-17H2,1-2H3;3-6,13,17H,7-12,14H2,1-2H3;2-6,11,17H,7-10,12-14H2,1H3/t2*21-;;/m10../s1. The molecular weight excluding hydrogens is 1580 g/mol. The third-order valence-corrected chi connectivity index (χ3v) is 27.8. The van der Waals surface area contributed by atoms with E-state index in [9.17, 15) is 19.2 Å². The first kappa shape index (κ1) is 83.4. The van der Waals surface area contributed by atoms with Gasteiger partial charge in [0, 0.05) is 283 Å². The monoisotopic (exact) mass is 1690 g/mol. The predicted molar refractivity (Wildman–Crippen MR) is 480 cm³/mol. The summed E-state index contributed by atoms with van der Waals surface area (Å²) in [6.45, 7) is 24.2. The number of hydrogen-bond donors (Lipinski definition) is 0. The molecule has 28 nitrogen and oxygen atoms in total. The van der Waals surface area contributed by atoms with E-state index >= 15 is 0 Å². The zero-order chi connectivity index (χ0) is 85.5. The molecule has 0 aliphatic carbocycles. The van der Waals surface area contributed by atoms with Crippen LogP contribution in [0.1, 0.15) is 167 Å². The number of nitrogens with zero attached hydrogens (tertiary/aromatic N) is 18. The molecule has 28 heteroatoms. The number of aromatic nitrogens is 12. The van der Waals surface area contributed by atoms with Crippen LogP contribution in [-0.4, -0.2) is 233 Å². The predicted octanol–water partition coefficient (Wildman–Crippen LogP) is 13.6. The maximum absolute atomic E-state index is 12.2. The minimum Gasteiger partial charge on any atom is -0.381 e. The number of fused-ring (bicyclic) bond motifs is 8. The molecule has 0 spiro atoms. The van der Waals surface area contributed by atoms with Gasteiger partial charge < -0.3 is 57.8 Å². The smallest absolute Gasteiger partial charge is 0.219 e. The molecular formula is C97H116N18O10. The lowest BCUT2D eigenvalue weighted by Crippen LogP contribution is -2.35. The highest BCUT2D eigenvalue weighted by Crippen LogP contribution is 2.43. The van der Waals surface area contributed by atoms with Crippen molar-refractivity contribution < 1.29 is 47.6 Å². The molecule has 125 heavy (non-hydrogen) atoms. The first-order valence-electron chi connectivity index (χ1n) is 45.3. The van der Waals surface area contributed by atoms with Crippen LogP contribution in [0, 0.1) is 6.92 Å². The summed E-state index contributed by atoms with van der Waals surface area (Å²) >= 11 is 0. The summed E-state index contributed by atoms with van der Waals surface area (Å²) in [5, 5.41) is 27.6. The van der Waals surface area contributed by atoms with E-state index in [4.69, 9.17) is 58.8 Å². The van der Waals surface area contributed by atoms with Crippen LogP contribution in [0.15, 0.2) is 128 Å². The van der Waals surface area contributed by atoms with Gasteiger partial charge in [0.2, 0.25) is 23.6 Å². The second-order valence-corrected chi connectivity index (χ2v) is 35.2. The van der Waals surface area contributed by atoms with Crippen molar-refractivity contribution in [1.29, 1.82) is 0 Å². The Balaban J connectivity index is 0.000000110. The van der Waals surface area contributed by atoms with E-state index < -0.39 is 0 Å². The fourth-order valence-electron chi connectivity index (χ4n) is 20.7. The second-order valence-electron chi connectivity index (χ2n) is 35.2. The number of rotatable bonds is 12. The van der Waals surface area contributed by atoms with Crippen molar-refractivity contribution in [2.75, 3.05) is 129 Å². The number of methoxy groups -OCH3 is 2. The first-order valence-corrected chi connectivity index (χ1v) is 45.3. The van der Waals surface area contributed by atoms with E-state index in [-0.39, 0.29) is 35.8 Å². The van der Waals surface area contributed by atoms with Crippen LogP contribution in [0.4, 0.5) is 11.6 Å². The van der Waals surface area contributed by atoms with Gasteiger partial charge in [0.25, 0.3) is 0 Å². The van der Waals surface area contributed by atoms with E-state index in [1.807, 2.05) is 32.0 Å². The Hall–Kier alpha value is -11.1. The molecule has 654 valence electrons. The molecule has 4 aromatic carbocycles. The molecule has 2 atom stereocenters. The lowest BCUT2D eigenvalue weighted by molar-refractivity contribution is -0.130. The van der Waals surface area contributed by atoms with Crippen molar-refractivity contribution in [2.45, 2.75) is 187 Å². The maximum atomic E-state index is 12.2. The molecule has 0 saturated carbocycles. The SMILES string of the molecule is CC(=O)N1CCc2c(c(-n3cc(C)c4ccccc43)nn2C2CCOCC2)C1.CC(=O)N1CCc2c(c(-n3ccc4ccccc43)nn2C2CCOCC2)C1.CO[C@@H]1CCN(c2cc3cccc(-c4nn(C5CCOCC5)c5c4CN(C(C)=O)CC5)c3cn2)C1.CO[C@H]1CCN(c2cc3cccc(-c4nn(C5CCOCC5)c5c4CN(C(C)=O)CC5)c3cn2)C1. The van der Waals surface area contributed by atoms with E-state index in [1.165, 1.54) is 66.9 Å². The summed E-state index contributed by atoms with van der Waals surface area (Å²) in [4.78, 5) is 70.6. The average Bonchev–Trinajstić information content (AvgIpc) is 1.61. The van der Waals surface area contributed by atoms with Gasteiger partial charge in [-0.25, -0.2) is 9.97 Å². The van der Waals surface area contributed by atoms with E-state index in [0.29, 0.717) is 50.3 Å². The van der Waals surface area contributed by atoms with Crippen LogP contribution in [0.2, 0.25) is 0 Å². The largest absolute Gasteiger partial charge is 0.381 e. The number of ether oxygens (including phenoxy) is 6. The Labute approximate surface area is 729 Å². The van der Waals surface area contributed by atoms with Gasteiger partial charge in [-0.2, -0.15) is 20.4 Å². The molecule has 4 amide bonds. The van der Waals surface area contributed by atoms with Gasteiger partial charge in [0.15, 0.2) is 11.6 Å². The number of carbonyl (C=O) groups is 4. The molecule has 8 aromatic heterocycles. The minimum atomic E-state index is 0.115. The number of aryl methyl sites for hydroxylation is 1. The summed E-state index contributed by atoms with van der Waals surface area (Å²) in [5.41, 5.74) is 17.5. The van der Waals surface area contributed by atoms with Crippen molar-refractivity contribution >= 4 is 78.6 Å². The highest BCUT2D eigenvalue weighted by Gasteiger charge is 2.38. The van der Waals surface area contributed by atoms with E-state index in [2.05, 4.69) is 160 Å². The number of anilines is 2. The maximum Gasteiger partial charge on any atom is 0.219 e. The number of pyridine rings is 2. The normalized spacial score (nSPS) is 19.7. The van der Waals surface area contributed by atoms with Gasteiger partial charge in [-0.15, -0.1) is 0 Å². The number of benzene rings is 4.